The van der Waals surface area contributed by atoms with Gasteiger partial charge in [0.05, 0.1) is 12.8 Å². The second-order valence-electron chi connectivity index (χ2n) is 5.20. The van der Waals surface area contributed by atoms with E-state index in [1.165, 1.54) is 50.0 Å². The third-order valence-electron chi connectivity index (χ3n) is 3.02. The number of rotatable bonds is 4. The Bertz CT molecular complexity index is 710. The second kappa shape index (κ2) is 5.97. The van der Waals surface area contributed by atoms with Crippen LogP contribution in [0.5, 0.6) is 0 Å². The number of carbonyl (C=O) groups is 2. The molecule has 2 aromatic rings. The summed E-state index contributed by atoms with van der Waals surface area (Å²) in [6.45, 7) is 3.06. The van der Waals surface area contributed by atoms with Crippen molar-refractivity contribution in [2.24, 2.45) is 0 Å². The molecule has 0 aliphatic heterocycles. The van der Waals surface area contributed by atoms with Gasteiger partial charge in [-0.05, 0) is 38.1 Å². The zero-order valence-corrected chi connectivity index (χ0v) is 12.5. The Kier molecular flexibility index (Phi) is 4.25. The van der Waals surface area contributed by atoms with Crippen molar-refractivity contribution in [2.75, 3.05) is 7.11 Å². The average Bonchev–Trinajstić information content (AvgIpc) is 2.95. The number of methoxy groups -OCH3 is 1. The van der Waals surface area contributed by atoms with E-state index in [0.717, 1.165) is 0 Å². The minimum Gasteiger partial charge on any atom is -0.467 e. The lowest BCUT2D eigenvalue weighted by Gasteiger charge is -2.22. The Balaban J connectivity index is 2.18. The molecule has 0 unspecified atom stereocenters. The maximum Gasteiger partial charge on any atom is 0.330 e. The standard InChI is InChI=1S/C15H16FN3O3/c1-15(2,14(21)22-3)17-13(20)12-7-8-19(18-12)11-6-4-5-10(16)9-11/h4-9H,1-3H3,(H,17,20). The van der Waals surface area contributed by atoms with Gasteiger partial charge < -0.3 is 10.1 Å². The number of hydrogen-bond donors (Lipinski definition) is 1. The SMILES string of the molecule is COC(=O)C(C)(C)NC(=O)c1ccn(-c2cccc(F)c2)n1. The molecule has 0 bridgehead atoms. The summed E-state index contributed by atoms with van der Waals surface area (Å²) in [6, 6.07) is 7.31. The summed E-state index contributed by atoms with van der Waals surface area (Å²) in [5.74, 6) is -1.48. The maximum absolute atomic E-state index is 13.2. The molecule has 0 radical (unpaired) electrons. The first-order valence-electron chi connectivity index (χ1n) is 6.56. The molecule has 2 rings (SSSR count). The van der Waals surface area contributed by atoms with E-state index < -0.39 is 23.2 Å². The monoisotopic (exact) mass is 305 g/mol. The summed E-state index contributed by atoms with van der Waals surface area (Å²) < 4.78 is 19.2. The molecular formula is C15H16FN3O3. The number of nitrogens with zero attached hydrogens (tertiary/aromatic N) is 2. The van der Waals surface area contributed by atoms with Crippen molar-refractivity contribution < 1.29 is 18.7 Å². The lowest BCUT2D eigenvalue weighted by Crippen LogP contribution is -2.50. The van der Waals surface area contributed by atoms with Gasteiger partial charge in [-0.25, -0.2) is 13.9 Å². The van der Waals surface area contributed by atoms with Gasteiger partial charge in [0, 0.05) is 6.20 Å². The molecule has 1 amide bonds. The quantitative estimate of drug-likeness (QED) is 0.873. The maximum atomic E-state index is 13.2. The van der Waals surface area contributed by atoms with Crippen molar-refractivity contribution in [2.45, 2.75) is 19.4 Å². The summed E-state index contributed by atoms with van der Waals surface area (Å²) in [4.78, 5) is 23.7. The van der Waals surface area contributed by atoms with Gasteiger partial charge in [0.15, 0.2) is 5.69 Å². The van der Waals surface area contributed by atoms with Crippen molar-refractivity contribution >= 4 is 11.9 Å². The van der Waals surface area contributed by atoms with Crippen LogP contribution >= 0.6 is 0 Å². The van der Waals surface area contributed by atoms with E-state index in [1.807, 2.05) is 0 Å². The first kappa shape index (κ1) is 15.7. The van der Waals surface area contributed by atoms with Crippen LogP contribution in [-0.4, -0.2) is 34.3 Å². The van der Waals surface area contributed by atoms with Crippen LogP contribution in [0.15, 0.2) is 36.5 Å². The van der Waals surface area contributed by atoms with E-state index in [2.05, 4.69) is 15.2 Å². The average molecular weight is 305 g/mol. The molecule has 1 aromatic carbocycles. The van der Waals surface area contributed by atoms with Crippen LogP contribution in [-0.2, 0) is 9.53 Å². The number of nitrogens with one attached hydrogen (secondary N) is 1. The Morgan fingerprint density at radius 2 is 2.05 bits per heavy atom. The molecule has 0 fully saturated rings. The van der Waals surface area contributed by atoms with Crippen molar-refractivity contribution in [1.82, 2.24) is 15.1 Å². The highest BCUT2D eigenvalue weighted by Crippen LogP contribution is 2.11. The van der Waals surface area contributed by atoms with E-state index >= 15 is 0 Å². The summed E-state index contributed by atoms with van der Waals surface area (Å²) >= 11 is 0. The Hall–Kier alpha value is -2.70. The number of carbonyl (C=O) groups excluding carboxylic acids is 2. The van der Waals surface area contributed by atoms with Crippen LogP contribution in [0.4, 0.5) is 4.39 Å². The number of amides is 1. The van der Waals surface area contributed by atoms with Crippen LogP contribution in [0.25, 0.3) is 5.69 Å². The lowest BCUT2D eigenvalue weighted by molar-refractivity contribution is -0.146. The number of halogens is 1. The van der Waals surface area contributed by atoms with Crippen LogP contribution in [0, 0.1) is 5.82 Å². The Morgan fingerprint density at radius 1 is 1.32 bits per heavy atom. The van der Waals surface area contributed by atoms with Crippen molar-refractivity contribution in [3.63, 3.8) is 0 Å². The van der Waals surface area contributed by atoms with Crippen molar-refractivity contribution in [3.05, 3.63) is 48.0 Å². The third kappa shape index (κ3) is 3.30. The van der Waals surface area contributed by atoms with Gasteiger partial charge in [0.2, 0.25) is 0 Å². The number of aromatic nitrogens is 2. The Labute approximate surface area is 126 Å². The fraction of sp³-hybridized carbons (Fsp3) is 0.267. The van der Waals surface area contributed by atoms with Gasteiger partial charge in [-0.2, -0.15) is 5.10 Å². The zero-order chi connectivity index (χ0) is 16.3. The van der Waals surface area contributed by atoms with E-state index in [4.69, 9.17) is 0 Å². The highest BCUT2D eigenvalue weighted by atomic mass is 19.1. The lowest BCUT2D eigenvalue weighted by atomic mass is 10.1. The molecule has 0 atom stereocenters. The summed E-state index contributed by atoms with van der Waals surface area (Å²) in [5.41, 5.74) is -0.568. The van der Waals surface area contributed by atoms with Crippen LogP contribution in [0.1, 0.15) is 24.3 Å². The predicted molar refractivity (Wildman–Crippen MR) is 77.1 cm³/mol. The largest absolute Gasteiger partial charge is 0.467 e. The fourth-order valence-corrected chi connectivity index (χ4v) is 1.86. The topological polar surface area (TPSA) is 73.2 Å². The van der Waals surface area contributed by atoms with Gasteiger partial charge in [-0.1, -0.05) is 6.07 Å². The Morgan fingerprint density at radius 3 is 2.68 bits per heavy atom. The fourth-order valence-electron chi connectivity index (χ4n) is 1.86. The second-order valence-corrected chi connectivity index (χ2v) is 5.20. The van der Waals surface area contributed by atoms with Crippen molar-refractivity contribution in [1.29, 1.82) is 0 Å². The molecule has 0 saturated heterocycles. The summed E-state index contributed by atoms with van der Waals surface area (Å²) in [6.07, 6.45) is 1.54. The van der Waals surface area contributed by atoms with E-state index in [1.54, 1.807) is 12.1 Å². The summed E-state index contributed by atoms with van der Waals surface area (Å²) in [5, 5.41) is 6.61. The number of ether oxygens (including phenoxy) is 1. The van der Waals surface area contributed by atoms with Gasteiger partial charge >= 0.3 is 5.97 Å². The number of esters is 1. The molecule has 0 aliphatic carbocycles. The van der Waals surface area contributed by atoms with E-state index in [-0.39, 0.29) is 5.69 Å². The zero-order valence-electron chi connectivity index (χ0n) is 12.5. The number of hydrogen-bond acceptors (Lipinski definition) is 4. The first-order valence-corrected chi connectivity index (χ1v) is 6.56. The van der Waals surface area contributed by atoms with Gasteiger partial charge in [-0.3, -0.25) is 4.79 Å². The minimum absolute atomic E-state index is 0.112. The number of benzene rings is 1. The van der Waals surface area contributed by atoms with Crippen LogP contribution in [0.2, 0.25) is 0 Å². The van der Waals surface area contributed by atoms with Gasteiger partial charge in [-0.15, -0.1) is 0 Å². The molecule has 7 heteroatoms. The van der Waals surface area contributed by atoms with Crippen LogP contribution < -0.4 is 5.32 Å². The smallest absolute Gasteiger partial charge is 0.330 e. The normalized spacial score (nSPS) is 11.1. The van der Waals surface area contributed by atoms with E-state index in [0.29, 0.717) is 5.69 Å². The third-order valence-corrected chi connectivity index (χ3v) is 3.02. The predicted octanol–water partition coefficient (Wildman–Crippen LogP) is 1.69. The molecule has 1 heterocycles. The highest BCUT2D eigenvalue weighted by Gasteiger charge is 2.31. The first-order chi connectivity index (χ1) is 10.3. The molecular weight excluding hydrogens is 289 g/mol. The molecule has 1 N–H and O–H groups in total. The van der Waals surface area contributed by atoms with Gasteiger partial charge in [0.25, 0.3) is 5.91 Å². The van der Waals surface area contributed by atoms with Gasteiger partial charge in [0.1, 0.15) is 11.4 Å². The van der Waals surface area contributed by atoms with E-state index in [9.17, 15) is 14.0 Å². The molecule has 0 saturated carbocycles. The highest BCUT2D eigenvalue weighted by molar-refractivity contribution is 5.96. The van der Waals surface area contributed by atoms with Crippen molar-refractivity contribution in [3.8, 4) is 5.69 Å². The minimum atomic E-state index is -1.17. The molecule has 1 aromatic heterocycles. The molecule has 6 nitrogen and oxygen atoms in total. The molecule has 0 spiro atoms. The summed E-state index contributed by atoms with van der Waals surface area (Å²) in [7, 11) is 1.24. The molecule has 22 heavy (non-hydrogen) atoms. The molecule has 0 aliphatic rings. The molecule has 116 valence electrons. The van der Waals surface area contributed by atoms with Crippen LogP contribution in [0.3, 0.4) is 0 Å².